The molecule has 0 saturated heterocycles. The van der Waals surface area contributed by atoms with E-state index in [0.29, 0.717) is 6.54 Å². The summed E-state index contributed by atoms with van der Waals surface area (Å²) in [7, 11) is 0.105. The Labute approximate surface area is 124 Å². The van der Waals surface area contributed by atoms with Crippen molar-refractivity contribution < 1.29 is 17.6 Å². The van der Waals surface area contributed by atoms with E-state index in [0.717, 1.165) is 10.6 Å². The van der Waals surface area contributed by atoms with Gasteiger partial charge < -0.3 is 10.2 Å². The molecular weight excluding hydrogens is 297 g/mol. The van der Waals surface area contributed by atoms with Gasteiger partial charge in [-0.25, -0.2) is 12.8 Å². The van der Waals surface area contributed by atoms with Crippen LogP contribution in [0.1, 0.15) is 0 Å². The molecule has 0 aliphatic rings. The molecular formula is C13H20FN3O3S. The van der Waals surface area contributed by atoms with Crippen molar-refractivity contribution in [1.29, 1.82) is 0 Å². The molecule has 1 aromatic rings. The van der Waals surface area contributed by atoms with E-state index >= 15 is 0 Å². The number of carbonyl (C=O) groups is 1. The quantitative estimate of drug-likeness (QED) is 0.799. The predicted molar refractivity (Wildman–Crippen MR) is 80.0 cm³/mol. The minimum atomic E-state index is -3.51. The number of nitrogens with one attached hydrogen (secondary N) is 1. The number of rotatable bonds is 7. The molecule has 0 bridgehead atoms. The summed E-state index contributed by atoms with van der Waals surface area (Å²) in [4.78, 5) is 13.7. The number of carbonyl (C=O) groups excluding carboxylic acids is 1. The van der Waals surface area contributed by atoms with Crippen molar-refractivity contribution in [2.45, 2.75) is 0 Å². The molecule has 0 radical (unpaired) electrons. The summed E-state index contributed by atoms with van der Waals surface area (Å²) in [5.74, 6) is -1.14. The Hall–Kier alpha value is -1.51. The standard InChI is InChI=1S/C13H20FN3O3S/c1-16(2)8-9-17(21(3,19)20)10-13(18)15-12-7-5-4-6-11(12)14/h4-7H,8-10H2,1-3H3,(H,15,18). The smallest absolute Gasteiger partial charge is 0.239 e. The number of likely N-dealkylation sites (N-methyl/N-ethyl adjacent to an activating group) is 1. The molecule has 21 heavy (non-hydrogen) atoms. The first-order valence-electron chi connectivity index (χ1n) is 6.34. The zero-order valence-corrected chi connectivity index (χ0v) is 13.2. The third kappa shape index (κ3) is 6.19. The molecule has 0 heterocycles. The van der Waals surface area contributed by atoms with E-state index in [1.807, 2.05) is 4.90 Å². The van der Waals surface area contributed by atoms with Gasteiger partial charge in [0.25, 0.3) is 0 Å². The highest BCUT2D eigenvalue weighted by atomic mass is 32.2. The summed E-state index contributed by atoms with van der Waals surface area (Å²) in [6.45, 7) is 0.331. The van der Waals surface area contributed by atoms with Crippen LogP contribution in [0.4, 0.5) is 10.1 Å². The van der Waals surface area contributed by atoms with Crippen LogP contribution in [0.2, 0.25) is 0 Å². The van der Waals surface area contributed by atoms with E-state index in [-0.39, 0.29) is 18.8 Å². The van der Waals surface area contributed by atoms with Gasteiger partial charge in [0.15, 0.2) is 0 Å². The van der Waals surface area contributed by atoms with E-state index in [1.54, 1.807) is 20.2 Å². The SMILES string of the molecule is CN(C)CCN(CC(=O)Nc1ccccc1F)S(C)(=O)=O. The van der Waals surface area contributed by atoms with Gasteiger partial charge in [-0.15, -0.1) is 0 Å². The highest BCUT2D eigenvalue weighted by molar-refractivity contribution is 7.88. The lowest BCUT2D eigenvalue weighted by molar-refractivity contribution is -0.116. The number of benzene rings is 1. The van der Waals surface area contributed by atoms with E-state index in [9.17, 15) is 17.6 Å². The molecule has 1 aromatic carbocycles. The van der Waals surface area contributed by atoms with Crippen LogP contribution in [0.3, 0.4) is 0 Å². The summed E-state index contributed by atoms with van der Waals surface area (Å²) in [6, 6.07) is 5.72. The lowest BCUT2D eigenvalue weighted by Crippen LogP contribution is -2.41. The van der Waals surface area contributed by atoms with E-state index in [1.165, 1.54) is 18.2 Å². The van der Waals surface area contributed by atoms with Crippen molar-refractivity contribution in [1.82, 2.24) is 9.21 Å². The van der Waals surface area contributed by atoms with E-state index in [2.05, 4.69) is 5.32 Å². The van der Waals surface area contributed by atoms with Crippen LogP contribution in [0, 0.1) is 5.82 Å². The number of halogens is 1. The van der Waals surface area contributed by atoms with E-state index in [4.69, 9.17) is 0 Å². The number of nitrogens with zero attached hydrogens (tertiary/aromatic N) is 2. The molecule has 1 N–H and O–H groups in total. The fourth-order valence-electron chi connectivity index (χ4n) is 1.59. The van der Waals surface area contributed by atoms with Gasteiger partial charge in [-0.3, -0.25) is 4.79 Å². The zero-order chi connectivity index (χ0) is 16.0. The van der Waals surface area contributed by atoms with Crippen molar-refractivity contribution >= 4 is 21.6 Å². The Kier molecular flexibility index (Phi) is 6.25. The number of sulfonamides is 1. The largest absolute Gasteiger partial charge is 0.322 e. The molecule has 118 valence electrons. The van der Waals surface area contributed by atoms with Crippen molar-refractivity contribution in [2.24, 2.45) is 0 Å². The molecule has 0 fully saturated rings. The number of amides is 1. The number of para-hydroxylation sites is 1. The van der Waals surface area contributed by atoms with Gasteiger partial charge in [-0.2, -0.15) is 4.31 Å². The van der Waals surface area contributed by atoms with Gasteiger partial charge in [0.2, 0.25) is 15.9 Å². The minimum absolute atomic E-state index is 0.0311. The first kappa shape index (κ1) is 17.5. The fourth-order valence-corrected chi connectivity index (χ4v) is 2.35. The average molecular weight is 317 g/mol. The Morgan fingerprint density at radius 3 is 2.38 bits per heavy atom. The molecule has 0 aliphatic heterocycles. The monoisotopic (exact) mass is 317 g/mol. The molecule has 0 saturated carbocycles. The zero-order valence-electron chi connectivity index (χ0n) is 12.3. The predicted octanol–water partition coefficient (Wildman–Crippen LogP) is 0.587. The van der Waals surface area contributed by atoms with Gasteiger partial charge in [0, 0.05) is 13.1 Å². The summed E-state index contributed by atoms with van der Waals surface area (Å²) in [6.07, 6.45) is 1.04. The topological polar surface area (TPSA) is 69.7 Å². The second-order valence-corrected chi connectivity index (χ2v) is 6.91. The molecule has 1 rings (SSSR count). The van der Waals surface area contributed by atoms with Gasteiger partial charge in [0.1, 0.15) is 5.82 Å². The van der Waals surface area contributed by atoms with Crippen molar-refractivity contribution in [3.63, 3.8) is 0 Å². The van der Waals surface area contributed by atoms with Gasteiger partial charge in [-0.05, 0) is 26.2 Å². The van der Waals surface area contributed by atoms with Crippen LogP contribution in [-0.2, 0) is 14.8 Å². The molecule has 0 unspecified atom stereocenters. The lowest BCUT2D eigenvalue weighted by atomic mass is 10.3. The molecule has 0 aromatic heterocycles. The Balaban J connectivity index is 2.70. The third-order valence-corrected chi connectivity index (χ3v) is 3.98. The van der Waals surface area contributed by atoms with Crippen LogP contribution >= 0.6 is 0 Å². The minimum Gasteiger partial charge on any atom is -0.322 e. The molecule has 0 atom stereocenters. The Morgan fingerprint density at radius 2 is 1.86 bits per heavy atom. The van der Waals surface area contributed by atoms with Crippen molar-refractivity contribution in [3.05, 3.63) is 30.1 Å². The van der Waals surface area contributed by atoms with Crippen LogP contribution in [0.5, 0.6) is 0 Å². The van der Waals surface area contributed by atoms with E-state index < -0.39 is 21.7 Å². The number of hydrogen-bond donors (Lipinski definition) is 1. The van der Waals surface area contributed by atoms with Gasteiger partial charge in [-0.1, -0.05) is 12.1 Å². The maximum atomic E-state index is 13.4. The summed E-state index contributed by atoms with van der Waals surface area (Å²) >= 11 is 0. The van der Waals surface area contributed by atoms with Crippen LogP contribution in [0.25, 0.3) is 0 Å². The number of hydrogen-bond acceptors (Lipinski definition) is 4. The summed E-state index contributed by atoms with van der Waals surface area (Å²) in [5, 5.41) is 2.37. The first-order valence-corrected chi connectivity index (χ1v) is 8.19. The molecule has 1 amide bonds. The lowest BCUT2D eigenvalue weighted by Gasteiger charge is -2.21. The van der Waals surface area contributed by atoms with Crippen LogP contribution < -0.4 is 5.32 Å². The molecule has 0 aliphatic carbocycles. The number of anilines is 1. The fraction of sp³-hybridized carbons (Fsp3) is 0.462. The van der Waals surface area contributed by atoms with Crippen LogP contribution in [-0.4, -0.2) is 63.5 Å². The normalized spacial score (nSPS) is 11.9. The van der Waals surface area contributed by atoms with Crippen molar-refractivity contribution in [2.75, 3.05) is 45.3 Å². The maximum Gasteiger partial charge on any atom is 0.239 e. The Morgan fingerprint density at radius 1 is 1.24 bits per heavy atom. The summed E-state index contributed by atoms with van der Waals surface area (Å²) < 4.78 is 37.8. The Bertz CT molecular complexity index is 590. The second-order valence-electron chi connectivity index (χ2n) is 4.93. The second kappa shape index (κ2) is 7.48. The average Bonchev–Trinajstić information content (AvgIpc) is 2.35. The molecule has 0 spiro atoms. The summed E-state index contributed by atoms with van der Waals surface area (Å²) in [5.41, 5.74) is 0.0311. The molecule has 6 nitrogen and oxygen atoms in total. The van der Waals surface area contributed by atoms with Crippen LogP contribution in [0.15, 0.2) is 24.3 Å². The first-order chi connectivity index (χ1) is 9.70. The molecule has 8 heteroatoms. The highest BCUT2D eigenvalue weighted by Gasteiger charge is 2.20. The van der Waals surface area contributed by atoms with Gasteiger partial charge >= 0.3 is 0 Å². The van der Waals surface area contributed by atoms with Gasteiger partial charge in [0.05, 0.1) is 18.5 Å². The van der Waals surface area contributed by atoms with Crippen molar-refractivity contribution in [3.8, 4) is 0 Å². The third-order valence-electron chi connectivity index (χ3n) is 2.73. The maximum absolute atomic E-state index is 13.4. The highest BCUT2D eigenvalue weighted by Crippen LogP contribution is 2.12.